The monoisotopic (exact) mass is 285 g/mol. The normalized spacial score (nSPS) is 21.5. The molecule has 0 aliphatic carbocycles. The molecule has 4 nitrogen and oxygen atoms in total. The fraction of sp³-hybridized carbons (Fsp3) is 0.529. The van der Waals surface area contributed by atoms with Crippen LogP contribution < -0.4 is 0 Å². The third kappa shape index (κ3) is 2.78. The van der Waals surface area contributed by atoms with Gasteiger partial charge in [-0.25, -0.2) is 0 Å². The standard InChI is InChI=1S/C17H23N3O/c1-3-16-13-20(11-10-19(16)7-1)15-5-8-18(9-6-15)14-17-4-2-12-21-17/h1-4,7,12,15H,5-6,8-11,13-14H2. The molecule has 4 rings (SSSR count). The second kappa shape index (κ2) is 5.70. The summed E-state index contributed by atoms with van der Waals surface area (Å²) in [6.07, 6.45) is 6.53. The Labute approximate surface area is 125 Å². The van der Waals surface area contributed by atoms with Gasteiger partial charge in [-0.2, -0.15) is 0 Å². The largest absolute Gasteiger partial charge is 0.468 e. The molecule has 2 aromatic rings. The average Bonchev–Trinajstić information content (AvgIpc) is 3.18. The first kappa shape index (κ1) is 13.2. The maximum Gasteiger partial charge on any atom is 0.117 e. The SMILES string of the molecule is c1coc(CN2CCC(N3CCn4cccc4C3)CC2)c1. The number of aromatic nitrogens is 1. The topological polar surface area (TPSA) is 24.6 Å². The fourth-order valence-corrected chi connectivity index (χ4v) is 3.71. The molecule has 0 saturated carbocycles. The van der Waals surface area contributed by atoms with Crippen LogP contribution in [0.25, 0.3) is 0 Å². The molecule has 0 atom stereocenters. The Hall–Kier alpha value is -1.52. The third-order valence-corrected chi connectivity index (χ3v) is 4.95. The van der Waals surface area contributed by atoms with Crippen LogP contribution in [-0.2, 0) is 19.6 Å². The highest BCUT2D eigenvalue weighted by Gasteiger charge is 2.27. The Morgan fingerprint density at radius 1 is 1.05 bits per heavy atom. The van der Waals surface area contributed by atoms with Crippen LogP contribution in [0, 0.1) is 0 Å². The van der Waals surface area contributed by atoms with Crippen LogP contribution in [-0.4, -0.2) is 40.0 Å². The highest BCUT2D eigenvalue weighted by atomic mass is 16.3. The van der Waals surface area contributed by atoms with Gasteiger partial charge in [0.25, 0.3) is 0 Å². The van der Waals surface area contributed by atoms with Gasteiger partial charge in [0, 0.05) is 50.7 Å². The zero-order valence-corrected chi connectivity index (χ0v) is 12.4. The highest BCUT2D eigenvalue weighted by molar-refractivity contribution is 5.09. The quantitative estimate of drug-likeness (QED) is 0.866. The fourth-order valence-electron chi connectivity index (χ4n) is 3.71. The summed E-state index contributed by atoms with van der Waals surface area (Å²) in [6.45, 7) is 6.80. The Kier molecular flexibility index (Phi) is 3.57. The number of hydrogen-bond donors (Lipinski definition) is 0. The third-order valence-electron chi connectivity index (χ3n) is 4.95. The number of piperidine rings is 1. The molecule has 112 valence electrons. The van der Waals surface area contributed by atoms with Crippen molar-refractivity contribution in [1.29, 1.82) is 0 Å². The first-order chi connectivity index (χ1) is 10.4. The lowest BCUT2D eigenvalue weighted by Crippen LogP contribution is -2.47. The van der Waals surface area contributed by atoms with Crippen molar-refractivity contribution < 1.29 is 4.42 Å². The van der Waals surface area contributed by atoms with Gasteiger partial charge in [0.2, 0.25) is 0 Å². The van der Waals surface area contributed by atoms with E-state index in [4.69, 9.17) is 4.42 Å². The van der Waals surface area contributed by atoms with Gasteiger partial charge in [0.1, 0.15) is 5.76 Å². The molecule has 1 fully saturated rings. The number of furan rings is 1. The summed E-state index contributed by atoms with van der Waals surface area (Å²) in [7, 11) is 0. The second-order valence-corrected chi connectivity index (χ2v) is 6.25. The van der Waals surface area contributed by atoms with Crippen LogP contribution in [0.4, 0.5) is 0 Å². The molecule has 0 spiro atoms. The molecule has 0 radical (unpaired) electrons. The lowest BCUT2D eigenvalue weighted by atomic mass is 10.0. The van der Waals surface area contributed by atoms with E-state index in [2.05, 4.69) is 38.8 Å². The van der Waals surface area contributed by atoms with Gasteiger partial charge in [-0.15, -0.1) is 0 Å². The predicted molar refractivity (Wildman–Crippen MR) is 81.8 cm³/mol. The minimum atomic E-state index is 0.751. The van der Waals surface area contributed by atoms with E-state index < -0.39 is 0 Å². The summed E-state index contributed by atoms with van der Waals surface area (Å²) < 4.78 is 7.85. The first-order valence-electron chi connectivity index (χ1n) is 8.01. The molecule has 4 heteroatoms. The molecule has 1 saturated heterocycles. The summed E-state index contributed by atoms with van der Waals surface area (Å²) in [5.41, 5.74) is 1.47. The lowest BCUT2D eigenvalue weighted by Gasteiger charge is -2.40. The van der Waals surface area contributed by atoms with Crippen molar-refractivity contribution >= 4 is 0 Å². The number of likely N-dealkylation sites (tertiary alicyclic amines) is 1. The van der Waals surface area contributed by atoms with Gasteiger partial charge >= 0.3 is 0 Å². The molecule has 2 aromatic heterocycles. The maximum atomic E-state index is 5.45. The van der Waals surface area contributed by atoms with Crippen molar-refractivity contribution in [2.45, 2.75) is 38.5 Å². The van der Waals surface area contributed by atoms with Crippen molar-refractivity contribution in [1.82, 2.24) is 14.4 Å². The highest BCUT2D eigenvalue weighted by Crippen LogP contribution is 2.23. The van der Waals surface area contributed by atoms with E-state index in [1.807, 2.05) is 6.07 Å². The lowest BCUT2D eigenvalue weighted by molar-refractivity contribution is 0.0816. The number of nitrogens with zero attached hydrogens (tertiary/aromatic N) is 3. The van der Waals surface area contributed by atoms with Gasteiger partial charge in [-0.1, -0.05) is 0 Å². The van der Waals surface area contributed by atoms with Crippen molar-refractivity contribution in [2.75, 3.05) is 19.6 Å². The first-order valence-corrected chi connectivity index (χ1v) is 8.01. The van der Waals surface area contributed by atoms with E-state index in [-0.39, 0.29) is 0 Å². The molecule has 4 heterocycles. The van der Waals surface area contributed by atoms with Crippen LogP contribution in [0.3, 0.4) is 0 Å². The molecule has 0 unspecified atom stereocenters. The summed E-state index contributed by atoms with van der Waals surface area (Å²) in [6, 6.07) is 9.24. The predicted octanol–water partition coefficient (Wildman–Crippen LogP) is 2.56. The van der Waals surface area contributed by atoms with Crippen LogP contribution in [0.2, 0.25) is 0 Å². The zero-order valence-electron chi connectivity index (χ0n) is 12.4. The van der Waals surface area contributed by atoms with Crippen molar-refractivity contribution in [3.8, 4) is 0 Å². The maximum absolute atomic E-state index is 5.45. The van der Waals surface area contributed by atoms with Gasteiger partial charge in [0.15, 0.2) is 0 Å². The summed E-state index contributed by atoms with van der Waals surface area (Å²) >= 11 is 0. The zero-order chi connectivity index (χ0) is 14.1. The van der Waals surface area contributed by atoms with Gasteiger partial charge < -0.3 is 8.98 Å². The number of hydrogen-bond acceptors (Lipinski definition) is 3. The molecule has 2 aliphatic rings. The minimum Gasteiger partial charge on any atom is -0.468 e. The van der Waals surface area contributed by atoms with E-state index in [1.165, 1.54) is 38.2 Å². The Balaban J connectivity index is 1.31. The summed E-state index contributed by atoms with van der Waals surface area (Å²) in [5, 5.41) is 0. The van der Waals surface area contributed by atoms with E-state index in [0.29, 0.717) is 0 Å². The summed E-state index contributed by atoms with van der Waals surface area (Å²) in [5.74, 6) is 1.09. The van der Waals surface area contributed by atoms with Crippen LogP contribution in [0.15, 0.2) is 41.1 Å². The second-order valence-electron chi connectivity index (χ2n) is 6.25. The summed E-state index contributed by atoms with van der Waals surface area (Å²) in [4.78, 5) is 5.20. The van der Waals surface area contributed by atoms with E-state index in [0.717, 1.165) is 31.4 Å². The van der Waals surface area contributed by atoms with Gasteiger partial charge in [-0.3, -0.25) is 9.80 Å². The van der Waals surface area contributed by atoms with Crippen LogP contribution in [0.5, 0.6) is 0 Å². The van der Waals surface area contributed by atoms with Crippen molar-refractivity contribution in [3.63, 3.8) is 0 Å². The Morgan fingerprint density at radius 2 is 1.95 bits per heavy atom. The van der Waals surface area contributed by atoms with Crippen molar-refractivity contribution in [2.24, 2.45) is 0 Å². The molecule has 0 bridgehead atoms. The molecule has 2 aliphatic heterocycles. The Bertz CT molecular complexity index is 567. The minimum absolute atomic E-state index is 0.751. The van der Waals surface area contributed by atoms with Crippen LogP contribution >= 0.6 is 0 Å². The van der Waals surface area contributed by atoms with E-state index >= 15 is 0 Å². The van der Waals surface area contributed by atoms with Crippen molar-refractivity contribution in [3.05, 3.63) is 48.2 Å². The van der Waals surface area contributed by atoms with Gasteiger partial charge in [-0.05, 0) is 37.1 Å². The Morgan fingerprint density at radius 3 is 2.76 bits per heavy atom. The van der Waals surface area contributed by atoms with E-state index in [9.17, 15) is 0 Å². The number of fused-ring (bicyclic) bond motifs is 1. The molecular weight excluding hydrogens is 262 g/mol. The molecule has 0 N–H and O–H groups in total. The molecular formula is C17H23N3O. The average molecular weight is 285 g/mol. The number of rotatable bonds is 3. The smallest absolute Gasteiger partial charge is 0.117 e. The molecule has 21 heavy (non-hydrogen) atoms. The molecule has 0 aromatic carbocycles. The van der Waals surface area contributed by atoms with Crippen LogP contribution in [0.1, 0.15) is 24.3 Å². The van der Waals surface area contributed by atoms with Gasteiger partial charge in [0.05, 0.1) is 12.8 Å². The van der Waals surface area contributed by atoms with E-state index in [1.54, 1.807) is 6.26 Å². The molecule has 0 amide bonds.